The molecule has 0 bridgehead atoms. The zero-order valence-corrected chi connectivity index (χ0v) is 17.1. The Morgan fingerprint density at radius 1 is 1.24 bits per heavy atom. The van der Waals surface area contributed by atoms with Crippen LogP contribution in [-0.4, -0.2) is 70.5 Å². The van der Waals surface area contributed by atoms with E-state index >= 15 is 0 Å². The minimum atomic E-state index is 0. The molecule has 1 aromatic carbocycles. The molecule has 0 amide bonds. The summed E-state index contributed by atoms with van der Waals surface area (Å²) in [6.07, 6.45) is 1.00. The second-order valence-corrected chi connectivity index (χ2v) is 5.53. The first-order valence-electron chi connectivity index (χ1n) is 8.38. The number of morpholine rings is 1. The van der Waals surface area contributed by atoms with E-state index in [1.165, 1.54) is 0 Å². The van der Waals surface area contributed by atoms with Crippen LogP contribution in [0.3, 0.4) is 0 Å². The van der Waals surface area contributed by atoms with Gasteiger partial charge in [0, 0.05) is 26.2 Å². The number of hydrogen-bond donors (Lipinski definition) is 2. The quantitative estimate of drug-likeness (QED) is 0.248. The second kappa shape index (κ2) is 13.0. The van der Waals surface area contributed by atoms with Gasteiger partial charge in [0.15, 0.2) is 5.96 Å². The molecule has 0 aliphatic carbocycles. The molecule has 0 atom stereocenters. The van der Waals surface area contributed by atoms with Crippen LogP contribution in [0.1, 0.15) is 6.42 Å². The lowest BCUT2D eigenvalue weighted by molar-refractivity contribution is 0.0377. The van der Waals surface area contributed by atoms with Crippen molar-refractivity contribution in [1.29, 1.82) is 0 Å². The molecule has 1 aliphatic heterocycles. The molecule has 0 aromatic heterocycles. The van der Waals surface area contributed by atoms with Crippen molar-refractivity contribution in [2.75, 3.05) is 59.7 Å². The fraction of sp³-hybridized carbons (Fsp3) is 0.588. The summed E-state index contributed by atoms with van der Waals surface area (Å²) in [6.45, 7) is 6.61. The van der Waals surface area contributed by atoms with Crippen molar-refractivity contribution in [2.24, 2.45) is 10.7 Å². The van der Waals surface area contributed by atoms with Gasteiger partial charge in [-0.25, -0.2) is 0 Å². The Labute approximate surface area is 166 Å². The number of nitrogens with two attached hydrogens (primary N) is 1. The summed E-state index contributed by atoms with van der Waals surface area (Å²) in [5.74, 6) is 2.09. The topological polar surface area (TPSA) is 81.3 Å². The van der Waals surface area contributed by atoms with Crippen LogP contribution >= 0.6 is 24.0 Å². The smallest absolute Gasteiger partial charge is 0.188 e. The van der Waals surface area contributed by atoms with E-state index in [0.717, 1.165) is 57.3 Å². The van der Waals surface area contributed by atoms with Gasteiger partial charge in [0.05, 0.1) is 26.9 Å². The van der Waals surface area contributed by atoms with Crippen molar-refractivity contribution in [1.82, 2.24) is 10.2 Å². The van der Waals surface area contributed by atoms with Gasteiger partial charge in [0.2, 0.25) is 0 Å². The molecule has 25 heavy (non-hydrogen) atoms. The SMILES string of the molecule is COc1ccc(OCCNC(N)=NCCCN2CCOCC2)cc1.I. The van der Waals surface area contributed by atoms with Gasteiger partial charge < -0.3 is 25.3 Å². The number of hydrogen-bond acceptors (Lipinski definition) is 5. The first-order valence-corrected chi connectivity index (χ1v) is 8.38. The maximum absolute atomic E-state index is 5.84. The normalized spacial score (nSPS) is 15.3. The maximum atomic E-state index is 5.84. The van der Waals surface area contributed by atoms with Crippen LogP contribution in [0.5, 0.6) is 11.5 Å². The summed E-state index contributed by atoms with van der Waals surface area (Å²) in [4.78, 5) is 6.72. The number of rotatable bonds is 9. The fourth-order valence-corrected chi connectivity index (χ4v) is 2.39. The van der Waals surface area contributed by atoms with Crippen LogP contribution in [0.4, 0.5) is 0 Å². The lowest BCUT2D eigenvalue weighted by Crippen LogP contribution is -2.37. The first-order chi connectivity index (χ1) is 11.8. The zero-order chi connectivity index (χ0) is 17.0. The van der Waals surface area contributed by atoms with E-state index < -0.39 is 0 Å². The van der Waals surface area contributed by atoms with E-state index in [9.17, 15) is 0 Å². The van der Waals surface area contributed by atoms with Crippen LogP contribution in [0.15, 0.2) is 29.3 Å². The van der Waals surface area contributed by atoms with E-state index in [1.54, 1.807) is 7.11 Å². The molecule has 0 radical (unpaired) electrons. The third kappa shape index (κ3) is 9.13. The van der Waals surface area contributed by atoms with Crippen LogP contribution in [0.25, 0.3) is 0 Å². The summed E-state index contributed by atoms with van der Waals surface area (Å²) in [7, 11) is 1.64. The maximum Gasteiger partial charge on any atom is 0.188 e. The standard InChI is InChI=1S/C17H28N4O3.HI/c1-22-15-3-5-16(6-4-15)24-12-8-20-17(18)19-7-2-9-21-10-13-23-14-11-21;/h3-6H,2,7-14H2,1H3,(H3,18,19,20);1H. The minimum absolute atomic E-state index is 0. The fourth-order valence-electron chi connectivity index (χ4n) is 2.39. The van der Waals surface area contributed by atoms with Gasteiger partial charge in [-0.05, 0) is 30.7 Å². The average Bonchev–Trinajstić information content (AvgIpc) is 2.64. The highest BCUT2D eigenvalue weighted by atomic mass is 127. The van der Waals surface area contributed by atoms with Gasteiger partial charge in [-0.15, -0.1) is 24.0 Å². The van der Waals surface area contributed by atoms with Gasteiger partial charge in [-0.2, -0.15) is 0 Å². The number of methoxy groups -OCH3 is 1. The Morgan fingerprint density at radius 3 is 2.60 bits per heavy atom. The van der Waals surface area contributed by atoms with Crippen molar-refractivity contribution in [3.63, 3.8) is 0 Å². The summed E-state index contributed by atoms with van der Waals surface area (Å²) in [5, 5.41) is 3.06. The minimum Gasteiger partial charge on any atom is -0.497 e. The Hall–Kier alpha value is -1.26. The average molecular weight is 464 g/mol. The molecule has 2 rings (SSSR count). The third-order valence-electron chi connectivity index (χ3n) is 3.75. The Kier molecular flexibility index (Phi) is 11.3. The molecule has 0 spiro atoms. The number of halogens is 1. The largest absolute Gasteiger partial charge is 0.497 e. The van der Waals surface area contributed by atoms with Crippen molar-refractivity contribution in [2.45, 2.75) is 6.42 Å². The molecule has 1 fully saturated rings. The first kappa shape index (κ1) is 21.8. The van der Waals surface area contributed by atoms with Crippen LogP contribution in [0.2, 0.25) is 0 Å². The highest BCUT2D eigenvalue weighted by molar-refractivity contribution is 14.0. The number of benzene rings is 1. The summed E-state index contributed by atoms with van der Waals surface area (Å²) >= 11 is 0. The van der Waals surface area contributed by atoms with E-state index in [1.807, 2.05) is 24.3 Å². The van der Waals surface area contributed by atoms with Crippen molar-refractivity contribution in [3.8, 4) is 11.5 Å². The highest BCUT2D eigenvalue weighted by Gasteiger charge is 2.08. The van der Waals surface area contributed by atoms with E-state index in [4.69, 9.17) is 19.9 Å². The third-order valence-corrected chi connectivity index (χ3v) is 3.75. The molecule has 8 heteroatoms. The predicted molar refractivity (Wildman–Crippen MR) is 110 cm³/mol. The molecule has 142 valence electrons. The molecule has 7 nitrogen and oxygen atoms in total. The van der Waals surface area contributed by atoms with Gasteiger partial charge in [-0.3, -0.25) is 9.89 Å². The molecule has 1 aliphatic rings. The Morgan fingerprint density at radius 2 is 1.92 bits per heavy atom. The number of nitrogens with one attached hydrogen (secondary N) is 1. The Bertz CT molecular complexity index is 493. The lowest BCUT2D eigenvalue weighted by atomic mass is 10.3. The van der Waals surface area contributed by atoms with Crippen LogP contribution < -0.4 is 20.5 Å². The van der Waals surface area contributed by atoms with Crippen molar-refractivity contribution >= 4 is 29.9 Å². The monoisotopic (exact) mass is 464 g/mol. The lowest BCUT2D eigenvalue weighted by Gasteiger charge is -2.26. The summed E-state index contributed by atoms with van der Waals surface area (Å²) < 4.78 is 16.0. The second-order valence-electron chi connectivity index (χ2n) is 5.53. The number of aliphatic imine (C=N–C) groups is 1. The zero-order valence-electron chi connectivity index (χ0n) is 14.8. The van der Waals surface area contributed by atoms with E-state index in [2.05, 4.69) is 15.2 Å². The predicted octanol–water partition coefficient (Wildman–Crippen LogP) is 1.32. The molecular weight excluding hydrogens is 435 g/mol. The van der Waals surface area contributed by atoms with Crippen LogP contribution in [0, 0.1) is 0 Å². The molecule has 1 heterocycles. The molecule has 3 N–H and O–H groups in total. The number of guanidine groups is 1. The summed E-state index contributed by atoms with van der Waals surface area (Å²) in [5.41, 5.74) is 5.84. The molecule has 0 unspecified atom stereocenters. The molecular formula is C17H29IN4O3. The Balaban J connectivity index is 0.00000312. The van der Waals surface area contributed by atoms with Crippen molar-refractivity contribution < 1.29 is 14.2 Å². The van der Waals surface area contributed by atoms with E-state index in [0.29, 0.717) is 19.1 Å². The number of ether oxygens (including phenoxy) is 3. The molecule has 0 saturated carbocycles. The van der Waals surface area contributed by atoms with E-state index in [-0.39, 0.29) is 24.0 Å². The van der Waals surface area contributed by atoms with Gasteiger partial charge in [0.25, 0.3) is 0 Å². The number of nitrogens with zero attached hydrogens (tertiary/aromatic N) is 2. The van der Waals surface area contributed by atoms with Gasteiger partial charge in [-0.1, -0.05) is 0 Å². The summed E-state index contributed by atoms with van der Waals surface area (Å²) in [6, 6.07) is 7.49. The van der Waals surface area contributed by atoms with Crippen LogP contribution in [-0.2, 0) is 4.74 Å². The highest BCUT2D eigenvalue weighted by Crippen LogP contribution is 2.16. The van der Waals surface area contributed by atoms with Crippen molar-refractivity contribution in [3.05, 3.63) is 24.3 Å². The molecule has 1 aromatic rings. The van der Waals surface area contributed by atoms with Gasteiger partial charge >= 0.3 is 0 Å². The van der Waals surface area contributed by atoms with Gasteiger partial charge in [0.1, 0.15) is 18.1 Å². The molecule has 1 saturated heterocycles.